The Morgan fingerprint density at radius 1 is 1.50 bits per heavy atom. The Balaban J connectivity index is 3.64. The van der Waals surface area contributed by atoms with Gasteiger partial charge in [0, 0.05) is 0 Å². The number of rotatable bonds is 2. The van der Waals surface area contributed by atoms with Crippen molar-refractivity contribution < 1.29 is 4.79 Å². The first-order chi connectivity index (χ1) is 3.55. The van der Waals surface area contributed by atoms with Gasteiger partial charge in [-0.05, 0) is 5.92 Å². The fourth-order valence-electron chi connectivity index (χ4n) is 0.329. The number of hydrogen-bond donors (Lipinski definition) is 2. The number of carbonyl (C=O) groups is 1. The summed E-state index contributed by atoms with van der Waals surface area (Å²) in [4.78, 5) is 10.2. The second-order valence-corrected chi connectivity index (χ2v) is 2.17. The van der Waals surface area contributed by atoms with E-state index in [0.29, 0.717) is 0 Å². The molecule has 0 aliphatic carbocycles. The molecule has 8 heavy (non-hydrogen) atoms. The maximum atomic E-state index is 10.2. The molecule has 0 saturated heterocycles. The monoisotopic (exact) mass is 117 g/mol. The van der Waals surface area contributed by atoms with Crippen LogP contribution in [0.3, 0.4) is 0 Å². The van der Waals surface area contributed by atoms with E-state index in [9.17, 15) is 4.79 Å². The third-order valence-electron chi connectivity index (χ3n) is 1.05. The summed E-state index contributed by atoms with van der Waals surface area (Å²) >= 11 is 0. The third-order valence-corrected chi connectivity index (χ3v) is 1.05. The SMILES string of the molecule is CC(C)[C@@H]([15NH2])C(N)=O. The summed E-state index contributed by atoms with van der Waals surface area (Å²) in [6.07, 6.45) is 0. The van der Waals surface area contributed by atoms with Gasteiger partial charge in [0.05, 0.1) is 6.04 Å². The van der Waals surface area contributed by atoms with Gasteiger partial charge in [0.15, 0.2) is 0 Å². The van der Waals surface area contributed by atoms with Gasteiger partial charge in [0.25, 0.3) is 0 Å². The molecular formula is C5H12N2O. The highest BCUT2D eigenvalue weighted by Gasteiger charge is 2.12. The molecule has 1 amide bonds. The summed E-state index contributed by atoms with van der Waals surface area (Å²) in [7, 11) is 0. The lowest BCUT2D eigenvalue weighted by Gasteiger charge is -2.09. The minimum Gasteiger partial charge on any atom is -0.368 e. The van der Waals surface area contributed by atoms with Crippen molar-refractivity contribution in [3.8, 4) is 0 Å². The smallest absolute Gasteiger partial charge is 0.234 e. The average Bonchev–Trinajstić information content (AvgIpc) is 1.64. The van der Waals surface area contributed by atoms with Gasteiger partial charge in [0.2, 0.25) is 5.91 Å². The van der Waals surface area contributed by atoms with Crippen molar-refractivity contribution in [2.45, 2.75) is 19.9 Å². The van der Waals surface area contributed by atoms with Crippen LogP contribution in [-0.2, 0) is 4.79 Å². The van der Waals surface area contributed by atoms with Crippen molar-refractivity contribution >= 4 is 5.91 Å². The van der Waals surface area contributed by atoms with Gasteiger partial charge >= 0.3 is 0 Å². The largest absolute Gasteiger partial charge is 0.368 e. The lowest BCUT2D eigenvalue weighted by atomic mass is 10.1. The Kier molecular flexibility index (Phi) is 2.48. The molecule has 0 rings (SSSR count). The van der Waals surface area contributed by atoms with Gasteiger partial charge in [-0.3, -0.25) is 4.79 Å². The van der Waals surface area contributed by atoms with Crippen LogP contribution < -0.4 is 11.5 Å². The van der Waals surface area contributed by atoms with Gasteiger partial charge < -0.3 is 11.5 Å². The summed E-state index contributed by atoms with van der Waals surface area (Å²) in [6, 6.07) is -0.491. The van der Waals surface area contributed by atoms with E-state index >= 15 is 0 Å². The molecule has 0 saturated carbocycles. The van der Waals surface area contributed by atoms with E-state index in [1.807, 2.05) is 13.8 Å². The maximum Gasteiger partial charge on any atom is 0.234 e. The van der Waals surface area contributed by atoms with Crippen molar-refractivity contribution in [2.75, 3.05) is 0 Å². The van der Waals surface area contributed by atoms with Crippen LogP contribution in [0.4, 0.5) is 0 Å². The Bertz CT molecular complexity index is 90.4. The molecule has 0 radical (unpaired) electrons. The average molecular weight is 117 g/mol. The first-order valence-corrected chi connectivity index (χ1v) is 2.60. The topological polar surface area (TPSA) is 69.1 Å². The van der Waals surface area contributed by atoms with Crippen LogP contribution in [0.25, 0.3) is 0 Å². The Morgan fingerprint density at radius 3 is 1.88 bits per heavy atom. The molecule has 0 heterocycles. The van der Waals surface area contributed by atoms with Crippen LogP contribution in [0.1, 0.15) is 13.8 Å². The minimum absolute atomic E-state index is 0.146. The van der Waals surface area contributed by atoms with E-state index in [1.165, 1.54) is 0 Å². The zero-order valence-electron chi connectivity index (χ0n) is 5.22. The molecule has 3 nitrogen and oxygen atoms in total. The first kappa shape index (κ1) is 7.43. The van der Waals surface area contributed by atoms with E-state index in [-0.39, 0.29) is 5.92 Å². The molecule has 0 aromatic rings. The zero-order chi connectivity index (χ0) is 6.73. The second kappa shape index (κ2) is 2.67. The van der Waals surface area contributed by atoms with Crippen molar-refractivity contribution in [1.82, 2.24) is 0 Å². The zero-order valence-corrected chi connectivity index (χ0v) is 5.22. The van der Waals surface area contributed by atoms with E-state index in [2.05, 4.69) is 0 Å². The normalized spacial score (nSPS) is 14.0. The fraction of sp³-hybridized carbons (Fsp3) is 0.800. The molecule has 0 aromatic carbocycles. The molecule has 0 fully saturated rings. The fourth-order valence-corrected chi connectivity index (χ4v) is 0.329. The van der Waals surface area contributed by atoms with Crippen LogP contribution in [0, 0.1) is 5.92 Å². The molecule has 0 bridgehead atoms. The third kappa shape index (κ3) is 1.93. The molecule has 0 aromatic heterocycles. The molecular weight excluding hydrogens is 105 g/mol. The number of hydrogen-bond acceptors (Lipinski definition) is 2. The Hall–Kier alpha value is -0.570. The highest BCUT2D eigenvalue weighted by Crippen LogP contribution is 1.95. The molecule has 48 valence electrons. The number of carbonyl (C=O) groups excluding carboxylic acids is 1. The number of primary amides is 1. The molecule has 0 aliphatic rings. The van der Waals surface area contributed by atoms with Crippen molar-refractivity contribution in [2.24, 2.45) is 17.4 Å². The highest BCUT2D eigenvalue weighted by molar-refractivity contribution is 5.79. The summed E-state index contributed by atoms with van der Waals surface area (Å²) in [5, 5.41) is 0. The predicted molar refractivity (Wildman–Crippen MR) is 32.0 cm³/mol. The predicted octanol–water partition coefficient (Wildman–Crippen LogP) is -0.545. The quantitative estimate of drug-likeness (QED) is 0.477. The molecule has 1 atom stereocenters. The van der Waals surface area contributed by atoms with Crippen LogP contribution in [0.15, 0.2) is 0 Å². The first-order valence-electron chi connectivity index (χ1n) is 2.60. The van der Waals surface area contributed by atoms with Gasteiger partial charge in [0.1, 0.15) is 0 Å². The van der Waals surface area contributed by atoms with Crippen LogP contribution in [0.2, 0.25) is 0 Å². The highest BCUT2D eigenvalue weighted by atomic mass is 16.1. The molecule has 4 N–H and O–H groups in total. The van der Waals surface area contributed by atoms with E-state index < -0.39 is 11.9 Å². The van der Waals surface area contributed by atoms with Crippen molar-refractivity contribution in [3.63, 3.8) is 0 Å². The van der Waals surface area contributed by atoms with Gasteiger partial charge in [-0.2, -0.15) is 0 Å². The standard InChI is InChI=1S/C5H12N2O/c1-3(2)4(6)5(7)8/h3-4H,6H2,1-2H3,(H2,7,8)/t4-/m1/s1/i6+1. The van der Waals surface area contributed by atoms with Crippen LogP contribution in [-0.4, -0.2) is 11.9 Å². The summed E-state index contributed by atoms with van der Waals surface area (Å²) in [6.45, 7) is 3.71. The van der Waals surface area contributed by atoms with Gasteiger partial charge in [-0.25, -0.2) is 0 Å². The van der Waals surface area contributed by atoms with E-state index in [0.717, 1.165) is 0 Å². The molecule has 0 aliphatic heterocycles. The van der Waals surface area contributed by atoms with Gasteiger partial charge in [-0.15, -0.1) is 0 Å². The van der Waals surface area contributed by atoms with Crippen LogP contribution >= 0.6 is 0 Å². The van der Waals surface area contributed by atoms with E-state index in [1.54, 1.807) is 0 Å². The summed E-state index contributed by atoms with van der Waals surface area (Å²) < 4.78 is 0. The molecule has 0 unspecified atom stereocenters. The van der Waals surface area contributed by atoms with Gasteiger partial charge in [-0.1, -0.05) is 13.8 Å². The molecule has 3 heteroatoms. The lowest BCUT2D eigenvalue weighted by molar-refractivity contribution is -0.120. The summed E-state index contributed by atoms with van der Waals surface area (Å²) in [5.74, 6) is -0.285. The van der Waals surface area contributed by atoms with Crippen molar-refractivity contribution in [3.05, 3.63) is 0 Å². The second-order valence-electron chi connectivity index (χ2n) is 2.17. The molecule has 0 spiro atoms. The van der Waals surface area contributed by atoms with Crippen LogP contribution in [0.5, 0.6) is 0 Å². The minimum atomic E-state index is -0.491. The maximum absolute atomic E-state index is 10.2. The van der Waals surface area contributed by atoms with Crippen molar-refractivity contribution in [1.29, 1.82) is 0 Å². The van der Waals surface area contributed by atoms with E-state index in [4.69, 9.17) is 11.5 Å². The Labute approximate surface area is 49.0 Å². The Morgan fingerprint density at radius 2 is 1.88 bits per heavy atom. The lowest BCUT2D eigenvalue weighted by Crippen LogP contribution is -2.40. The number of amides is 1. The number of nitrogens with two attached hydrogens (primary N) is 2. The summed E-state index contributed by atoms with van der Waals surface area (Å²) in [5.41, 5.74) is 10.2.